The van der Waals surface area contributed by atoms with Gasteiger partial charge < -0.3 is 19.5 Å². The zero-order valence-corrected chi connectivity index (χ0v) is 18.5. The van der Waals surface area contributed by atoms with Crippen molar-refractivity contribution in [1.82, 2.24) is 10.2 Å². The van der Waals surface area contributed by atoms with Gasteiger partial charge in [-0.25, -0.2) is 4.79 Å². The molecule has 0 bridgehead atoms. The van der Waals surface area contributed by atoms with Gasteiger partial charge in [-0.05, 0) is 52.8 Å². The van der Waals surface area contributed by atoms with E-state index in [1.54, 1.807) is 6.07 Å². The van der Waals surface area contributed by atoms with Crippen LogP contribution in [-0.2, 0) is 14.3 Å². The maximum Gasteiger partial charge on any atom is 0.412 e. The number of anilines is 1. The molecule has 1 aromatic carbocycles. The van der Waals surface area contributed by atoms with Crippen molar-refractivity contribution in [2.24, 2.45) is 0 Å². The van der Waals surface area contributed by atoms with Gasteiger partial charge in [-0.1, -0.05) is 0 Å². The quantitative estimate of drug-likeness (QED) is 0.780. The van der Waals surface area contributed by atoms with Crippen molar-refractivity contribution in [2.75, 3.05) is 38.2 Å². The average Bonchev–Trinajstić information content (AvgIpc) is 2.60. The van der Waals surface area contributed by atoms with Crippen LogP contribution in [0.4, 0.5) is 10.5 Å². The second kappa shape index (κ2) is 8.81. The van der Waals surface area contributed by atoms with E-state index in [0.29, 0.717) is 37.6 Å². The third kappa shape index (κ3) is 6.34. The maximum atomic E-state index is 12.7. The molecule has 2 heterocycles. The summed E-state index contributed by atoms with van der Waals surface area (Å²) in [6, 6.07) is 5.23. The van der Waals surface area contributed by atoms with Gasteiger partial charge in [-0.15, -0.1) is 0 Å². The predicted molar refractivity (Wildman–Crippen MR) is 114 cm³/mol. The summed E-state index contributed by atoms with van der Waals surface area (Å²) in [6.45, 7) is 12.6. The van der Waals surface area contributed by atoms with Gasteiger partial charge in [-0.2, -0.15) is 0 Å². The fourth-order valence-electron chi connectivity index (χ4n) is 3.68. The first-order chi connectivity index (χ1) is 14.0. The Morgan fingerprint density at radius 1 is 1.23 bits per heavy atom. The Morgan fingerprint density at radius 3 is 2.60 bits per heavy atom. The van der Waals surface area contributed by atoms with Crippen molar-refractivity contribution in [1.29, 1.82) is 0 Å². The molecule has 1 atom stereocenters. The van der Waals surface area contributed by atoms with E-state index in [1.807, 2.05) is 46.8 Å². The van der Waals surface area contributed by atoms with Crippen molar-refractivity contribution in [2.45, 2.75) is 58.3 Å². The molecule has 1 aromatic rings. The van der Waals surface area contributed by atoms with Crippen LogP contribution in [0.1, 0.15) is 52.6 Å². The molecular weight excluding hydrogens is 386 g/mol. The molecule has 1 fully saturated rings. The largest absolute Gasteiger partial charge is 0.487 e. The Balaban J connectivity index is 1.73. The van der Waals surface area contributed by atoms with Crippen LogP contribution in [0.5, 0.6) is 5.75 Å². The van der Waals surface area contributed by atoms with Crippen LogP contribution in [0.2, 0.25) is 0 Å². The molecule has 0 spiro atoms. The number of ether oxygens (including phenoxy) is 3. The van der Waals surface area contributed by atoms with Crippen molar-refractivity contribution in [3.63, 3.8) is 0 Å². The SMILES string of the molecule is CC(C)(C)OC(=O)Nc1ccc2c(c1)C(NC(=O)CN1CCOCC1)CC(C)(C)O2. The maximum absolute atomic E-state index is 12.7. The number of carbonyl (C=O) groups excluding carboxylic acids is 2. The minimum Gasteiger partial charge on any atom is -0.487 e. The van der Waals surface area contributed by atoms with Crippen molar-refractivity contribution in [3.05, 3.63) is 23.8 Å². The van der Waals surface area contributed by atoms with Gasteiger partial charge in [0, 0.05) is 30.8 Å². The summed E-state index contributed by atoms with van der Waals surface area (Å²) in [7, 11) is 0. The molecule has 0 saturated carbocycles. The molecule has 166 valence electrons. The molecule has 0 aliphatic carbocycles. The molecule has 30 heavy (non-hydrogen) atoms. The average molecular weight is 420 g/mol. The summed E-state index contributed by atoms with van der Waals surface area (Å²) in [4.78, 5) is 26.9. The summed E-state index contributed by atoms with van der Waals surface area (Å²) in [5.41, 5.74) is 0.447. The number of benzene rings is 1. The first-order valence-corrected chi connectivity index (χ1v) is 10.4. The number of rotatable bonds is 4. The normalized spacial score (nSPS) is 21.2. The topological polar surface area (TPSA) is 89.1 Å². The third-order valence-electron chi connectivity index (χ3n) is 4.92. The third-order valence-corrected chi connectivity index (χ3v) is 4.92. The van der Waals surface area contributed by atoms with E-state index < -0.39 is 17.3 Å². The zero-order valence-electron chi connectivity index (χ0n) is 18.5. The minimum atomic E-state index is -0.582. The van der Waals surface area contributed by atoms with Crippen LogP contribution in [0.3, 0.4) is 0 Å². The second-order valence-corrected chi connectivity index (χ2v) is 9.45. The number of fused-ring (bicyclic) bond motifs is 1. The van der Waals surface area contributed by atoms with E-state index in [1.165, 1.54) is 0 Å². The smallest absolute Gasteiger partial charge is 0.412 e. The van der Waals surface area contributed by atoms with Gasteiger partial charge in [0.2, 0.25) is 5.91 Å². The van der Waals surface area contributed by atoms with Gasteiger partial charge in [0.25, 0.3) is 0 Å². The van der Waals surface area contributed by atoms with Gasteiger partial charge in [0.1, 0.15) is 17.0 Å². The molecule has 8 heteroatoms. The predicted octanol–water partition coefficient (Wildman–Crippen LogP) is 3.08. The summed E-state index contributed by atoms with van der Waals surface area (Å²) in [5, 5.41) is 5.91. The van der Waals surface area contributed by atoms with Crippen LogP contribution in [0.15, 0.2) is 18.2 Å². The fourth-order valence-corrected chi connectivity index (χ4v) is 3.68. The van der Waals surface area contributed by atoms with Crippen LogP contribution in [0, 0.1) is 0 Å². The lowest BCUT2D eigenvalue weighted by atomic mass is 9.89. The van der Waals surface area contributed by atoms with Gasteiger partial charge >= 0.3 is 6.09 Å². The number of hydrogen-bond acceptors (Lipinski definition) is 6. The number of nitrogens with one attached hydrogen (secondary N) is 2. The standard InChI is InChI=1S/C22H33N3O5/c1-21(2,3)30-20(27)23-15-6-7-18-16(12-15)17(13-22(4,5)29-18)24-19(26)14-25-8-10-28-11-9-25/h6-7,12,17H,8-11,13-14H2,1-5H3,(H,23,27)(H,24,26). The van der Waals surface area contributed by atoms with Crippen molar-refractivity contribution >= 4 is 17.7 Å². The van der Waals surface area contributed by atoms with E-state index in [2.05, 4.69) is 15.5 Å². The number of nitrogens with zero attached hydrogens (tertiary/aromatic N) is 1. The Labute approximate surface area is 178 Å². The van der Waals surface area contributed by atoms with E-state index in [0.717, 1.165) is 18.7 Å². The van der Waals surface area contributed by atoms with Gasteiger partial charge in [0.05, 0.1) is 25.8 Å². The molecule has 8 nitrogen and oxygen atoms in total. The first kappa shape index (κ1) is 22.4. The lowest BCUT2D eigenvalue weighted by Crippen LogP contribution is -2.46. The number of morpholine rings is 1. The van der Waals surface area contributed by atoms with E-state index in [-0.39, 0.29) is 11.9 Å². The highest BCUT2D eigenvalue weighted by Gasteiger charge is 2.35. The summed E-state index contributed by atoms with van der Waals surface area (Å²) >= 11 is 0. The molecular formula is C22H33N3O5. The van der Waals surface area contributed by atoms with E-state index >= 15 is 0 Å². The molecule has 1 saturated heterocycles. The molecule has 2 amide bonds. The van der Waals surface area contributed by atoms with E-state index in [4.69, 9.17) is 14.2 Å². The van der Waals surface area contributed by atoms with E-state index in [9.17, 15) is 9.59 Å². The fraction of sp³-hybridized carbons (Fsp3) is 0.636. The Hall–Kier alpha value is -2.32. The molecule has 1 unspecified atom stereocenters. The minimum absolute atomic E-state index is 0.0314. The Kier molecular flexibility index (Phi) is 6.57. The molecule has 2 aliphatic heterocycles. The molecule has 2 aliphatic rings. The van der Waals surface area contributed by atoms with Gasteiger partial charge in [0.15, 0.2) is 0 Å². The van der Waals surface area contributed by atoms with Crippen LogP contribution < -0.4 is 15.4 Å². The molecule has 0 radical (unpaired) electrons. The second-order valence-electron chi connectivity index (χ2n) is 9.45. The molecule has 3 rings (SSSR count). The molecule has 2 N–H and O–H groups in total. The monoisotopic (exact) mass is 419 g/mol. The van der Waals surface area contributed by atoms with Crippen molar-refractivity contribution in [3.8, 4) is 5.75 Å². The highest BCUT2D eigenvalue weighted by atomic mass is 16.6. The Morgan fingerprint density at radius 2 is 1.93 bits per heavy atom. The highest BCUT2D eigenvalue weighted by molar-refractivity contribution is 5.85. The Bertz CT molecular complexity index is 781. The lowest BCUT2D eigenvalue weighted by Gasteiger charge is -2.38. The lowest BCUT2D eigenvalue weighted by molar-refractivity contribution is -0.124. The van der Waals surface area contributed by atoms with Crippen LogP contribution >= 0.6 is 0 Å². The number of hydrogen-bond donors (Lipinski definition) is 2. The van der Waals surface area contributed by atoms with Crippen LogP contribution in [-0.4, -0.2) is 61.0 Å². The number of amides is 2. The summed E-state index contributed by atoms with van der Waals surface area (Å²) in [6.07, 6.45) is 0.109. The zero-order chi connectivity index (χ0) is 21.9. The summed E-state index contributed by atoms with van der Waals surface area (Å²) < 4.78 is 16.8. The highest BCUT2D eigenvalue weighted by Crippen LogP contribution is 2.40. The van der Waals surface area contributed by atoms with Crippen molar-refractivity contribution < 1.29 is 23.8 Å². The van der Waals surface area contributed by atoms with Crippen LogP contribution in [0.25, 0.3) is 0 Å². The van der Waals surface area contributed by atoms with Gasteiger partial charge in [-0.3, -0.25) is 15.0 Å². The molecule has 0 aromatic heterocycles. The first-order valence-electron chi connectivity index (χ1n) is 10.4. The number of carbonyl (C=O) groups is 2. The summed E-state index contributed by atoms with van der Waals surface area (Å²) in [5.74, 6) is 0.675.